The van der Waals surface area contributed by atoms with Crippen molar-refractivity contribution < 1.29 is 4.52 Å². The summed E-state index contributed by atoms with van der Waals surface area (Å²) in [6.07, 6.45) is 1.27. The molecule has 0 saturated carbocycles. The van der Waals surface area contributed by atoms with Gasteiger partial charge in [-0.2, -0.15) is 0 Å². The number of halogens is 2. The predicted octanol–water partition coefficient (Wildman–Crippen LogP) is 1.98. The van der Waals surface area contributed by atoms with Gasteiger partial charge in [0, 0.05) is 0 Å². The Bertz CT molecular complexity index is 145. The van der Waals surface area contributed by atoms with Gasteiger partial charge in [-0.25, -0.2) is 0 Å². The monoisotopic (exact) mass is 137 g/mol. The van der Waals surface area contributed by atoms with Crippen LogP contribution < -0.4 is 0 Å². The molecular formula is C3HCl2NO. The summed E-state index contributed by atoms with van der Waals surface area (Å²) in [4.78, 5) is 0. The average molecular weight is 138 g/mol. The van der Waals surface area contributed by atoms with E-state index < -0.39 is 0 Å². The third-order valence-electron chi connectivity index (χ3n) is 0.486. The summed E-state index contributed by atoms with van der Waals surface area (Å²) < 4.78 is 4.33. The van der Waals surface area contributed by atoms with Crippen LogP contribution in [0.4, 0.5) is 0 Å². The van der Waals surface area contributed by atoms with Gasteiger partial charge in [0.05, 0.1) is 0 Å². The van der Waals surface area contributed by atoms with Gasteiger partial charge in [0.1, 0.15) is 11.3 Å². The van der Waals surface area contributed by atoms with Gasteiger partial charge >= 0.3 is 0 Å². The minimum Gasteiger partial charge on any atom is -0.362 e. The highest BCUT2D eigenvalue weighted by Gasteiger charge is 1.96. The fourth-order valence-electron chi connectivity index (χ4n) is 0.211. The SMILES string of the molecule is Clc1conc1Cl. The number of nitrogens with zero attached hydrogens (tertiary/aromatic N) is 1. The zero-order chi connectivity index (χ0) is 5.28. The standard InChI is InChI=1S/C3HCl2NO/c4-2-1-7-6-3(2)5/h1H. The molecule has 38 valence electrons. The Kier molecular flexibility index (Phi) is 1.21. The van der Waals surface area contributed by atoms with Crippen LogP contribution in [0, 0.1) is 0 Å². The molecule has 0 aromatic carbocycles. The van der Waals surface area contributed by atoms with Crippen LogP contribution in [-0.4, -0.2) is 5.16 Å². The van der Waals surface area contributed by atoms with Crippen LogP contribution in [0.5, 0.6) is 0 Å². The maximum absolute atomic E-state index is 5.34. The van der Waals surface area contributed by atoms with Crippen LogP contribution in [0.2, 0.25) is 10.2 Å². The van der Waals surface area contributed by atoms with Gasteiger partial charge in [-0.3, -0.25) is 0 Å². The van der Waals surface area contributed by atoms with Crippen molar-refractivity contribution in [2.24, 2.45) is 0 Å². The van der Waals surface area contributed by atoms with Crippen LogP contribution in [0.3, 0.4) is 0 Å². The Morgan fingerprint density at radius 2 is 2.29 bits per heavy atom. The second-order valence-electron chi connectivity index (χ2n) is 0.953. The first-order valence-corrected chi connectivity index (χ1v) is 2.31. The van der Waals surface area contributed by atoms with Gasteiger partial charge in [-0.1, -0.05) is 28.4 Å². The summed E-state index contributed by atoms with van der Waals surface area (Å²) in [5.41, 5.74) is 0. The molecule has 0 atom stereocenters. The summed E-state index contributed by atoms with van der Waals surface area (Å²) >= 11 is 10.6. The molecule has 0 N–H and O–H groups in total. The van der Waals surface area contributed by atoms with E-state index in [2.05, 4.69) is 9.68 Å². The van der Waals surface area contributed by atoms with Crippen molar-refractivity contribution >= 4 is 23.2 Å². The molecular weight excluding hydrogens is 137 g/mol. The molecule has 7 heavy (non-hydrogen) atoms. The van der Waals surface area contributed by atoms with Crippen molar-refractivity contribution in [3.63, 3.8) is 0 Å². The molecule has 0 bridgehead atoms. The molecule has 0 saturated heterocycles. The third kappa shape index (κ3) is 0.868. The lowest BCUT2D eigenvalue weighted by Gasteiger charge is -1.68. The van der Waals surface area contributed by atoms with E-state index in [4.69, 9.17) is 23.2 Å². The summed E-state index contributed by atoms with van der Waals surface area (Å²) in [7, 11) is 0. The maximum Gasteiger partial charge on any atom is 0.190 e. The molecule has 2 nitrogen and oxygen atoms in total. The smallest absolute Gasteiger partial charge is 0.190 e. The van der Waals surface area contributed by atoms with Crippen LogP contribution in [-0.2, 0) is 0 Å². The fourth-order valence-corrected chi connectivity index (χ4v) is 0.370. The van der Waals surface area contributed by atoms with E-state index in [0.717, 1.165) is 0 Å². The van der Waals surface area contributed by atoms with E-state index >= 15 is 0 Å². The maximum atomic E-state index is 5.34. The van der Waals surface area contributed by atoms with Crippen molar-refractivity contribution in [2.45, 2.75) is 0 Å². The highest BCUT2D eigenvalue weighted by molar-refractivity contribution is 6.41. The van der Waals surface area contributed by atoms with Crippen LogP contribution in [0.15, 0.2) is 10.8 Å². The highest BCUT2D eigenvalue weighted by atomic mass is 35.5. The van der Waals surface area contributed by atoms with Crippen molar-refractivity contribution in [1.29, 1.82) is 0 Å². The Morgan fingerprint density at radius 3 is 2.43 bits per heavy atom. The summed E-state index contributed by atoms with van der Waals surface area (Å²) in [6.45, 7) is 0. The van der Waals surface area contributed by atoms with Crippen molar-refractivity contribution in [1.82, 2.24) is 5.16 Å². The predicted molar refractivity (Wildman–Crippen MR) is 26.5 cm³/mol. The summed E-state index contributed by atoms with van der Waals surface area (Å²) in [5, 5.41) is 3.83. The lowest BCUT2D eigenvalue weighted by Crippen LogP contribution is -1.54. The van der Waals surface area contributed by atoms with Gasteiger partial charge in [0.15, 0.2) is 5.15 Å². The Balaban J connectivity index is 3.12. The molecule has 1 heterocycles. The first-order chi connectivity index (χ1) is 3.30. The third-order valence-corrected chi connectivity index (χ3v) is 1.12. The van der Waals surface area contributed by atoms with E-state index in [0.29, 0.717) is 5.02 Å². The molecule has 4 heteroatoms. The Labute approximate surface area is 50.0 Å². The minimum atomic E-state index is 0.210. The highest BCUT2D eigenvalue weighted by Crippen LogP contribution is 2.17. The van der Waals surface area contributed by atoms with Crippen molar-refractivity contribution in [3.8, 4) is 0 Å². The van der Waals surface area contributed by atoms with E-state index in [1.54, 1.807) is 0 Å². The van der Waals surface area contributed by atoms with Crippen LogP contribution in [0.1, 0.15) is 0 Å². The van der Waals surface area contributed by atoms with Gasteiger partial charge < -0.3 is 4.52 Å². The number of rotatable bonds is 0. The number of hydrogen-bond acceptors (Lipinski definition) is 2. The Hall–Kier alpha value is -0.210. The minimum absolute atomic E-state index is 0.210. The van der Waals surface area contributed by atoms with Gasteiger partial charge in [0.25, 0.3) is 0 Å². The number of hydrogen-bond donors (Lipinski definition) is 0. The largest absolute Gasteiger partial charge is 0.362 e. The van der Waals surface area contributed by atoms with Gasteiger partial charge in [0.2, 0.25) is 0 Å². The normalized spacial score (nSPS) is 9.43. The van der Waals surface area contributed by atoms with Gasteiger partial charge in [-0.15, -0.1) is 0 Å². The summed E-state index contributed by atoms with van der Waals surface area (Å²) in [6, 6.07) is 0. The first-order valence-electron chi connectivity index (χ1n) is 1.56. The molecule has 0 aliphatic heterocycles. The quantitative estimate of drug-likeness (QED) is 0.547. The first kappa shape index (κ1) is 4.94. The molecule has 1 aromatic rings. The fraction of sp³-hybridized carbons (Fsp3) is 0. The molecule has 0 spiro atoms. The Morgan fingerprint density at radius 1 is 1.57 bits per heavy atom. The molecule has 1 rings (SSSR count). The molecule has 0 aliphatic rings. The number of aromatic nitrogens is 1. The second kappa shape index (κ2) is 1.72. The van der Waals surface area contributed by atoms with E-state index in [-0.39, 0.29) is 5.15 Å². The zero-order valence-corrected chi connectivity index (χ0v) is 4.70. The van der Waals surface area contributed by atoms with Gasteiger partial charge in [-0.05, 0) is 0 Å². The molecule has 0 aliphatic carbocycles. The van der Waals surface area contributed by atoms with Crippen LogP contribution in [0.25, 0.3) is 0 Å². The van der Waals surface area contributed by atoms with Crippen LogP contribution >= 0.6 is 23.2 Å². The van der Waals surface area contributed by atoms with Crippen molar-refractivity contribution in [3.05, 3.63) is 16.4 Å². The molecule has 1 aromatic heterocycles. The molecule has 0 amide bonds. The average Bonchev–Trinajstić information content (AvgIpc) is 1.91. The summed E-state index contributed by atoms with van der Waals surface area (Å²) in [5.74, 6) is 0. The topological polar surface area (TPSA) is 26.0 Å². The van der Waals surface area contributed by atoms with E-state index in [1.807, 2.05) is 0 Å². The molecule has 0 fully saturated rings. The van der Waals surface area contributed by atoms with Crippen molar-refractivity contribution in [2.75, 3.05) is 0 Å². The molecule has 0 radical (unpaired) electrons. The second-order valence-corrected chi connectivity index (χ2v) is 1.72. The zero-order valence-electron chi connectivity index (χ0n) is 3.19. The molecule has 0 unspecified atom stereocenters. The van der Waals surface area contributed by atoms with E-state index in [9.17, 15) is 0 Å². The van der Waals surface area contributed by atoms with E-state index in [1.165, 1.54) is 6.26 Å². The lowest BCUT2D eigenvalue weighted by molar-refractivity contribution is 0.420. The lowest BCUT2D eigenvalue weighted by atomic mass is 10.8.